The van der Waals surface area contributed by atoms with Gasteiger partial charge in [-0.05, 0) is 19.0 Å². The van der Waals surface area contributed by atoms with Gasteiger partial charge in [0.2, 0.25) is 0 Å². The van der Waals surface area contributed by atoms with Gasteiger partial charge in [-0.3, -0.25) is 0 Å². The van der Waals surface area contributed by atoms with Crippen LogP contribution in [0.25, 0.3) is 11.3 Å². The number of hydrogen-bond acceptors (Lipinski definition) is 3. The molecule has 0 atom stereocenters. The van der Waals surface area contributed by atoms with Crippen molar-refractivity contribution < 1.29 is 0 Å². The maximum atomic E-state index is 11.4. The molecule has 0 saturated heterocycles. The Morgan fingerprint density at radius 3 is 2.69 bits per heavy atom. The Labute approximate surface area is 93.2 Å². The van der Waals surface area contributed by atoms with E-state index in [4.69, 9.17) is 5.73 Å². The molecule has 4 nitrogen and oxygen atoms in total. The Morgan fingerprint density at radius 1 is 1.25 bits per heavy atom. The zero-order valence-corrected chi connectivity index (χ0v) is 8.81. The normalized spacial score (nSPS) is 10.3. The zero-order chi connectivity index (χ0) is 11.4. The molecule has 0 saturated carbocycles. The number of nitrogens with one attached hydrogen (secondary N) is 1. The first kappa shape index (κ1) is 10.6. The predicted octanol–water partition coefficient (Wildman–Crippen LogP) is 0.938. The Hall–Kier alpha value is -1.94. The number of nitrogens with zero attached hydrogens (tertiary/aromatic N) is 1. The summed E-state index contributed by atoms with van der Waals surface area (Å²) < 4.78 is 0. The van der Waals surface area contributed by atoms with Crippen molar-refractivity contribution >= 4 is 0 Å². The maximum absolute atomic E-state index is 11.4. The first-order valence-corrected chi connectivity index (χ1v) is 5.15. The van der Waals surface area contributed by atoms with E-state index in [-0.39, 0.29) is 5.69 Å². The van der Waals surface area contributed by atoms with Crippen LogP contribution in [0, 0.1) is 0 Å². The molecule has 0 spiro atoms. The van der Waals surface area contributed by atoms with Gasteiger partial charge in [-0.2, -0.15) is 4.98 Å². The lowest BCUT2D eigenvalue weighted by atomic mass is 10.1. The monoisotopic (exact) mass is 215 g/mol. The number of hydrogen-bond donors (Lipinski definition) is 2. The molecule has 0 unspecified atom stereocenters. The summed E-state index contributed by atoms with van der Waals surface area (Å²) in [5.41, 5.74) is 7.57. The molecule has 2 rings (SSSR count). The summed E-state index contributed by atoms with van der Waals surface area (Å²) in [5.74, 6) is 0. The first-order valence-electron chi connectivity index (χ1n) is 5.15. The summed E-state index contributed by atoms with van der Waals surface area (Å²) in [6.07, 6.45) is 0.650. The fourth-order valence-electron chi connectivity index (χ4n) is 1.56. The molecular formula is C12H13N3O. The molecule has 0 amide bonds. The quantitative estimate of drug-likeness (QED) is 0.800. The number of aromatic nitrogens is 2. The second-order valence-corrected chi connectivity index (χ2v) is 3.50. The van der Waals surface area contributed by atoms with Gasteiger partial charge in [0.1, 0.15) is 0 Å². The number of nitrogens with two attached hydrogens (primary N) is 1. The molecule has 1 heterocycles. The molecule has 0 aliphatic rings. The molecule has 16 heavy (non-hydrogen) atoms. The van der Waals surface area contributed by atoms with Gasteiger partial charge in [0, 0.05) is 11.3 Å². The minimum atomic E-state index is -0.329. The highest BCUT2D eigenvalue weighted by atomic mass is 16.1. The highest BCUT2D eigenvalue weighted by Gasteiger charge is 2.02. The van der Waals surface area contributed by atoms with E-state index in [0.717, 1.165) is 11.3 Å². The molecule has 1 aromatic heterocycles. The average molecular weight is 215 g/mol. The molecule has 82 valence electrons. The van der Waals surface area contributed by atoms with Crippen LogP contribution in [-0.4, -0.2) is 16.5 Å². The van der Waals surface area contributed by atoms with Crippen molar-refractivity contribution in [2.45, 2.75) is 6.42 Å². The minimum Gasteiger partial charge on any atom is -0.330 e. The third-order valence-corrected chi connectivity index (χ3v) is 2.28. The Bertz CT molecular complexity index is 519. The van der Waals surface area contributed by atoms with E-state index in [0.29, 0.717) is 18.7 Å². The third-order valence-electron chi connectivity index (χ3n) is 2.28. The molecule has 0 aliphatic carbocycles. The molecule has 0 bridgehead atoms. The number of aromatic amines is 1. The molecule has 0 radical (unpaired) electrons. The van der Waals surface area contributed by atoms with E-state index in [1.54, 1.807) is 0 Å². The van der Waals surface area contributed by atoms with E-state index in [9.17, 15) is 4.79 Å². The van der Waals surface area contributed by atoms with Crippen LogP contribution >= 0.6 is 0 Å². The Morgan fingerprint density at radius 2 is 2.00 bits per heavy atom. The minimum absolute atomic E-state index is 0.329. The lowest BCUT2D eigenvalue weighted by Crippen LogP contribution is -2.15. The second-order valence-electron chi connectivity index (χ2n) is 3.50. The van der Waals surface area contributed by atoms with E-state index in [2.05, 4.69) is 9.97 Å². The molecule has 0 fully saturated rings. The first-order chi connectivity index (χ1) is 7.79. The van der Waals surface area contributed by atoms with Crippen LogP contribution in [-0.2, 0) is 6.42 Å². The molecular weight excluding hydrogens is 202 g/mol. The van der Waals surface area contributed by atoms with Gasteiger partial charge in [-0.15, -0.1) is 0 Å². The Balaban J connectivity index is 2.45. The van der Waals surface area contributed by atoms with Gasteiger partial charge < -0.3 is 10.7 Å². The highest BCUT2D eigenvalue weighted by Crippen LogP contribution is 2.14. The standard InChI is InChI=1S/C12H13N3O/c13-7-6-10-8-11(15-12(16)14-10)9-4-2-1-3-5-9/h1-5,8H,6-7,13H2,(H,14,15,16). The van der Waals surface area contributed by atoms with Crippen LogP contribution < -0.4 is 11.4 Å². The van der Waals surface area contributed by atoms with Gasteiger partial charge in [0.15, 0.2) is 0 Å². The van der Waals surface area contributed by atoms with Gasteiger partial charge in [-0.1, -0.05) is 30.3 Å². The molecule has 2 aromatic rings. The summed E-state index contributed by atoms with van der Waals surface area (Å²) in [6.45, 7) is 0.508. The molecule has 0 aliphatic heterocycles. The van der Waals surface area contributed by atoms with Crippen molar-refractivity contribution in [3.05, 3.63) is 52.6 Å². The lowest BCUT2D eigenvalue weighted by Gasteiger charge is -2.03. The average Bonchev–Trinajstić information content (AvgIpc) is 2.30. The third kappa shape index (κ3) is 2.35. The van der Waals surface area contributed by atoms with Crippen molar-refractivity contribution in [3.63, 3.8) is 0 Å². The van der Waals surface area contributed by atoms with Gasteiger partial charge in [0.05, 0.1) is 5.69 Å². The van der Waals surface area contributed by atoms with Gasteiger partial charge >= 0.3 is 5.69 Å². The van der Waals surface area contributed by atoms with Crippen molar-refractivity contribution in [2.24, 2.45) is 5.73 Å². The largest absolute Gasteiger partial charge is 0.345 e. The van der Waals surface area contributed by atoms with E-state index >= 15 is 0 Å². The summed E-state index contributed by atoms with van der Waals surface area (Å²) in [6, 6.07) is 11.5. The van der Waals surface area contributed by atoms with Crippen molar-refractivity contribution in [2.75, 3.05) is 6.54 Å². The number of rotatable bonds is 3. The summed E-state index contributed by atoms with van der Waals surface area (Å²) in [4.78, 5) is 18.0. The topological polar surface area (TPSA) is 71.8 Å². The molecule has 1 aromatic carbocycles. The molecule has 4 heteroatoms. The van der Waals surface area contributed by atoms with E-state index in [1.807, 2.05) is 36.4 Å². The highest BCUT2D eigenvalue weighted by molar-refractivity contribution is 5.58. The van der Waals surface area contributed by atoms with Crippen LogP contribution in [0.1, 0.15) is 5.69 Å². The van der Waals surface area contributed by atoms with Crippen molar-refractivity contribution in [3.8, 4) is 11.3 Å². The zero-order valence-electron chi connectivity index (χ0n) is 8.81. The smallest absolute Gasteiger partial charge is 0.330 e. The predicted molar refractivity (Wildman–Crippen MR) is 63.1 cm³/mol. The molecule has 3 N–H and O–H groups in total. The number of H-pyrrole nitrogens is 1. The summed E-state index contributed by atoms with van der Waals surface area (Å²) >= 11 is 0. The Kier molecular flexibility index (Phi) is 3.12. The fraction of sp³-hybridized carbons (Fsp3) is 0.167. The van der Waals surface area contributed by atoms with Crippen LogP contribution in [0.4, 0.5) is 0 Å². The lowest BCUT2D eigenvalue weighted by molar-refractivity contribution is 0.892. The van der Waals surface area contributed by atoms with Crippen molar-refractivity contribution in [1.82, 2.24) is 9.97 Å². The van der Waals surface area contributed by atoms with Crippen LogP contribution in [0.3, 0.4) is 0 Å². The second kappa shape index (κ2) is 4.72. The fourth-order valence-corrected chi connectivity index (χ4v) is 1.56. The number of benzene rings is 1. The van der Waals surface area contributed by atoms with Crippen LogP contribution in [0.5, 0.6) is 0 Å². The van der Waals surface area contributed by atoms with Gasteiger partial charge in [0.25, 0.3) is 0 Å². The van der Waals surface area contributed by atoms with Gasteiger partial charge in [-0.25, -0.2) is 4.79 Å². The summed E-state index contributed by atoms with van der Waals surface area (Å²) in [7, 11) is 0. The van der Waals surface area contributed by atoms with E-state index in [1.165, 1.54) is 0 Å². The van der Waals surface area contributed by atoms with E-state index < -0.39 is 0 Å². The summed E-state index contributed by atoms with van der Waals surface area (Å²) in [5, 5.41) is 0. The SMILES string of the molecule is NCCc1cc(-c2ccccc2)nc(=O)[nH]1. The van der Waals surface area contributed by atoms with Crippen molar-refractivity contribution in [1.29, 1.82) is 0 Å². The maximum Gasteiger partial charge on any atom is 0.345 e. The van der Waals surface area contributed by atoms with Crippen LogP contribution in [0.15, 0.2) is 41.2 Å². The van der Waals surface area contributed by atoms with Crippen LogP contribution in [0.2, 0.25) is 0 Å².